The zero-order chi connectivity index (χ0) is 17.9. The van der Waals surface area contributed by atoms with E-state index in [1.165, 1.54) is 56.4 Å². The molecular formula is C24H35N. The molecule has 1 heteroatoms. The first-order valence-electron chi connectivity index (χ1n) is 10.0. The lowest BCUT2D eigenvalue weighted by Crippen LogP contribution is -2.28. The first kappa shape index (κ1) is 19.7. The van der Waals surface area contributed by atoms with Gasteiger partial charge in [-0.3, -0.25) is 0 Å². The lowest BCUT2D eigenvalue weighted by molar-refractivity contribution is 0.252. The predicted octanol–water partition coefficient (Wildman–Crippen LogP) is 6.48. The van der Waals surface area contributed by atoms with Gasteiger partial charge in [-0.15, -0.1) is 0 Å². The van der Waals surface area contributed by atoms with Crippen LogP contribution in [-0.2, 0) is 0 Å². The highest BCUT2D eigenvalue weighted by atomic mass is 15.1. The van der Waals surface area contributed by atoms with Gasteiger partial charge in [0.2, 0.25) is 0 Å². The average molecular weight is 338 g/mol. The molecule has 2 rings (SSSR count). The minimum atomic E-state index is 0.636. The maximum absolute atomic E-state index is 2.68. The van der Waals surface area contributed by atoms with Crippen molar-refractivity contribution in [3.8, 4) is 0 Å². The minimum Gasteiger partial charge on any atom is -0.303 e. The molecule has 0 aromatic heterocycles. The molecule has 1 nitrogen and oxygen atoms in total. The van der Waals surface area contributed by atoms with Gasteiger partial charge in [0.1, 0.15) is 0 Å². The zero-order valence-electron chi connectivity index (χ0n) is 16.3. The summed E-state index contributed by atoms with van der Waals surface area (Å²) in [6.07, 6.45) is 5.07. The van der Waals surface area contributed by atoms with Crippen LogP contribution in [0.15, 0.2) is 60.7 Å². The molecule has 0 bridgehead atoms. The molecule has 0 aliphatic rings. The summed E-state index contributed by atoms with van der Waals surface area (Å²) in [5.74, 6) is 1.27. The molecule has 0 N–H and O–H groups in total. The van der Waals surface area contributed by atoms with Gasteiger partial charge in [-0.2, -0.15) is 0 Å². The quantitative estimate of drug-likeness (QED) is 0.454. The third kappa shape index (κ3) is 7.04. The van der Waals surface area contributed by atoms with Crippen LogP contribution < -0.4 is 0 Å². The van der Waals surface area contributed by atoms with Crippen LogP contribution in [0.5, 0.6) is 0 Å². The maximum Gasteiger partial charge on any atom is -0.00130 e. The van der Waals surface area contributed by atoms with Crippen LogP contribution in [0.25, 0.3) is 0 Å². The SMILES string of the molecule is CCCCN(CCC(C)c1ccccc1)CCC(C)c1ccccc1. The number of unbranched alkanes of at least 4 members (excludes halogenated alkanes) is 1. The fraction of sp³-hybridized carbons (Fsp3) is 0.500. The molecule has 0 aliphatic carbocycles. The van der Waals surface area contributed by atoms with E-state index >= 15 is 0 Å². The van der Waals surface area contributed by atoms with Gasteiger partial charge in [0.05, 0.1) is 0 Å². The summed E-state index contributed by atoms with van der Waals surface area (Å²) < 4.78 is 0. The van der Waals surface area contributed by atoms with Crippen molar-refractivity contribution in [2.24, 2.45) is 0 Å². The largest absolute Gasteiger partial charge is 0.303 e. The zero-order valence-corrected chi connectivity index (χ0v) is 16.3. The summed E-state index contributed by atoms with van der Waals surface area (Å²) in [5.41, 5.74) is 2.94. The molecule has 0 amide bonds. The highest BCUT2D eigenvalue weighted by Crippen LogP contribution is 2.21. The van der Waals surface area contributed by atoms with Gasteiger partial charge < -0.3 is 4.90 Å². The number of benzene rings is 2. The third-order valence-corrected chi connectivity index (χ3v) is 5.32. The average Bonchev–Trinajstić information content (AvgIpc) is 2.68. The second-order valence-corrected chi connectivity index (χ2v) is 7.40. The Morgan fingerprint density at radius 2 is 1.12 bits per heavy atom. The lowest BCUT2D eigenvalue weighted by Gasteiger charge is -2.25. The number of hydrogen-bond donors (Lipinski definition) is 0. The van der Waals surface area contributed by atoms with E-state index in [1.54, 1.807) is 0 Å². The second-order valence-electron chi connectivity index (χ2n) is 7.40. The van der Waals surface area contributed by atoms with Gasteiger partial charge in [-0.05, 0) is 61.9 Å². The third-order valence-electron chi connectivity index (χ3n) is 5.32. The molecule has 0 spiro atoms. The van der Waals surface area contributed by atoms with E-state index in [0.29, 0.717) is 11.8 Å². The van der Waals surface area contributed by atoms with Gasteiger partial charge in [-0.1, -0.05) is 87.9 Å². The fourth-order valence-electron chi connectivity index (χ4n) is 3.37. The monoisotopic (exact) mass is 337 g/mol. The van der Waals surface area contributed by atoms with Crippen molar-refractivity contribution >= 4 is 0 Å². The number of nitrogens with zero attached hydrogens (tertiary/aromatic N) is 1. The van der Waals surface area contributed by atoms with E-state index in [1.807, 2.05) is 0 Å². The molecule has 2 unspecified atom stereocenters. The van der Waals surface area contributed by atoms with Crippen LogP contribution in [-0.4, -0.2) is 24.5 Å². The molecule has 2 aromatic carbocycles. The standard InChI is InChI=1S/C24H35N/c1-4-5-18-25(19-16-21(2)23-12-8-6-9-13-23)20-17-22(3)24-14-10-7-11-15-24/h6-15,21-22H,4-5,16-20H2,1-3H3. The van der Waals surface area contributed by atoms with Gasteiger partial charge in [0, 0.05) is 0 Å². The van der Waals surface area contributed by atoms with E-state index in [9.17, 15) is 0 Å². The Labute approximate surface area is 155 Å². The molecule has 2 atom stereocenters. The molecule has 0 fully saturated rings. The van der Waals surface area contributed by atoms with Crippen molar-refractivity contribution in [1.29, 1.82) is 0 Å². The van der Waals surface area contributed by atoms with E-state index in [-0.39, 0.29) is 0 Å². The van der Waals surface area contributed by atoms with Gasteiger partial charge >= 0.3 is 0 Å². The highest BCUT2D eigenvalue weighted by molar-refractivity contribution is 5.19. The van der Waals surface area contributed by atoms with Crippen molar-refractivity contribution < 1.29 is 0 Å². The normalized spacial score (nSPS) is 13.8. The topological polar surface area (TPSA) is 3.24 Å². The first-order valence-corrected chi connectivity index (χ1v) is 10.0. The first-order chi connectivity index (χ1) is 12.2. The summed E-state index contributed by atoms with van der Waals surface area (Å²) in [6.45, 7) is 10.7. The predicted molar refractivity (Wildman–Crippen MR) is 110 cm³/mol. The van der Waals surface area contributed by atoms with Crippen LogP contribution in [0, 0.1) is 0 Å². The van der Waals surface area contributed by atoms with Gasteiger partial charge in [0.25, 0.3) is 0 Å². The van der Waals surface area contributed by atoms with Crippen LogP contribution in [0.3, 0.4) is 0 Å². The summed E-state index contributed by atoms with van der Waals surface area (Å²) in [4.78, 5) is 2.68. The Morgan fingerprint density at radius 1 is 0.680 bits per heavy atom. The molecular weight excluding hydrogens is 302 g/mol. The van der Waals surface area contributed by atoms with Crippen molar-refractivity contribution in [2.75, 3.05) is 19.6 Å². The van der Waals surface area contributed by atoms with Gasteiger partial charge in [0.15, 0.2) is 0 Å². The van der Waals surface area contributed by atoms with Crippen molar-refractivity contribution in [3.63, 3.8) is 0 Å². The maximum atomic E-state index is 2.68. The summed E-state index contributed by atoms with van der Waals surface area (Å²) in [6, 6.07) is 21.9. The molecule has 0 saturated carbocycles. The Kier molecular flexibility index (Phi) is 8.76. The van der Waals surface area contributed by atoms with Crippen molar-refractivity contribution in [2.45, 2.75) is 58.3 Å². The fourth-order valence-corrected chi connectivity index (χ4v) is 3.37. The molecule has 0 saturated heterocycles. The smallest absolute Gasteiger partial charge is 0.00130 e. The second kappa shape index (κ2) is 11.1. The van der Waals surface area contributed by atoms with Crippen LogP contribution in [0.4, 0.5) is 0 Å². The van der Waals surface area contributed by atoms with Crippen molar-refractivity contribution in [3.05, 3.63) is 71.8 Å². The minimum absolute atomic E-state index is 0.636. The Hall–Kier alpha value is -1.60. The van der Waals surface area contributed by atoms with E-state index in [4.69, 9.17) is 0 Å². The van der Waals surface area contributed by atoms with E-state index < -0.39 is 0 Å². The molecule has 0 aliphatic heterocycles. The molecule has 25 heavy (non-hydrogen) atoms. The summed E-state index contributed by atoms with van der Waals surface area (Å²) >= 11 is 0. The number of rotatable bonds is 11. The van der Waals surface area contributed by atoms with Gasteiger partial charge in [-0.25, -0.2) is 0 Å². The summed E-state index contributed by atoms with van der Waals surface area (Å²) in [5, 5.41) is 0. The molecule has 0 radical (unpaired) electrons. The van der Waals surface area contributed by atoms with Crippen LogP contribution in [0.2, 0.25) is 0 Å². The van der Waals surface area contributed by atoms with Crippen LogP contribution in [0.1, 0.15) is 69.4 Å². The Balaban J connectivity index is 1.83. The Bertz CT molecular complexity index is 514. The van der Waals surface area contributed by atoms with Crippen LogP contribution >= 0.6 is 0 Å². The van der Waals surface area contributed by atoms with E-state index in [2.05, 4.69) is 86.3 Å². The van der Waals surface area contributed by atoms with E-state index in [0.717, 1.165) is 0 Å². The van der Waals surface area contributed by atoms with Crippen molar-refractivity contribution in [1.82, 2.24) is 4.90 Å². The Morgan fingerprint density at radius 3 is 1.52 bits per heavy atom. The lowest BCUT2D eigenvalue weighted by atomic mass is 9.96. The number of hydrogen-bond acceptors (Lipinski definition) is 1. The summed E-state index contributed by atoms with van der Waals surface area (Å²) in [7, 11) is 0. The molecule has 136 valence electrons. The molecule has 2 aromatic rings. The molecule has 0 heterocycles. The highest BCUT2D eigenvalue weighted by Gasteiger charge is 2.12.